The first-order valence-electron chi connectivity index (χ1n) is 4.90. The van der Waals surface area contributed by atoms with Gasteiger partial charge in [0.05, 0.1) is 11.3 Å². The summed E-state index contributed by atoms with van der Waals surface area (Å²) in [6, 6.07) is 5.81. The van der Waals surface area contributed by atoms with Crippen molar-refractivity contribution in [2.75, 3.05) is 0 Å². The number of azo groups is 1. The van der Waals surface area contributed by atoms with E-state index in [4.69, 9.17) is 5.11 Å². The summed E-state index contributed by atoms with van der Waals surface area (Å²) in [6.07, 6.45) is 0. The number of hydrogen-bond acceptors (Lipinski definition) is 4. The monoisotopic (exact) mass is 244 g/mol. The van der Waals surface area contributed by atoms with Crippen LogP contribution in [-0.2, 0) is 4.79 Å². The number of amides is 1. The number of nitrogens with one attached hydrogen (secondary N) is 1. The molecule has 18 heavy (non-hydrogen) atoms. The van der Waals surface area contributed by atoms with Gasteiger partial charge in [0.25, 0.3) is 5.91 Å². The molecule has 1 aliphatic rings. The third-order valence-corrected chi connectivity index (χ3v) is 2.10. The molecule has 2 rings (SSSR count). The quantitative estimate of drug-likeness (QED) is 0.769. The number of benzene rings is 1. The van der Waals surface area contributed by atoms with Crippen molar-refractivity contribution in [2.24, 2.45) is 15.2 Å². The summed E-state index contributed by atoms with van der Waals surface area (Å²) in [5.41, 5.74) is 0.624. The number of rotatable bonds is 2. The van der Waals surface area contributed by atoms with Gasteiger partial charge < -0.3 is 5.11 Å². The zero-order valence-corrected chi connectivity index (χ0v) is 9.12. The Balaban J connectivity index is 2.23. The normalized spacial score (nSPS) is 16.8. The zero-order chi connectivity index (χ0) is 13.1. The Morgan fingerprint density at radius 1 is 1.28 bits per heavy atom. The van der Waals surface area contributed by atoms with Gasteiger partial charge in [0.1, 0.15) is 5.70 Å². The number of hydrogen-bond donors (Lipinski definition) is 2. The standard InChI is InChI=1S/C11H8N4O3/c1-6-9(16)13-11(15-14-6)12-8-4-2-7(3-5-8)10(17)18/h2-5H,1H2,(H,17,18)(H,12,13,16). The van der Waals surface area contributed by atoms with Crippen LogP contribution in [0.5, 0.6) is 0 Å². The molecule has 0 atom stereocenters. The van der Waals surface area contributed by atoms with Crippen LogP contribution in [0.3, 0.4) is 0 Å². The van der Waals surface area contributed by atoms with Gasteiger partial charge in [-0.25, -0.2) is 9.79 Å². The molecule has 1 aromatic carbocycles. The number of nitrogens with zero attached hydrogens (tertiary/aromatic N) is 3. The minimum atomic E-state index is -1.02. The van der Waals surface area contributed by atoms with Gasteiger partial charge in [0.2, 0.25) is 5.96 Å². The molecule has 2 N–H and O–H groups in total. The summed E-state index contributed by atoms with van der Waals surface area (Å²) in [5, 5.41) is 18.3. The van der Waals surface area contributed by atoms with Gasteiger partial charge in [0.15, 0.2) is 0 Å². The molecule has 1 aliphatic heterocycles. The van der Waals surface area contributed by atoms with Gasteiger partial charge in [-0.2, -0.15) is 0 Å². The molecular weight excluding hydrogens is 236 g/mol. The molecule has 1 amide bonds. The highest BCUT2D eigenvalue weighted by molar-refractivity contribution is 6.07. The average molecular weight is 244 g/mol. The van der Waals surface area contributed by atoms with E-state index in [1.54, 1.807) is 0 Å². The summed E-state index contributed by atoms with van der Waals surface area (Å²) in [5.74, 6) is -1.45. The van der Waals surface area contributed by atoms with E-state index in [2.05, 4.69) is 27.1 Å². The number of carbonyl (C=O) groups is 2. The van der Waals surface area contributed by atoms with Crippen LogP contribution in [0.1, 0.15) is 10.4 Å². The lowest BCUT2D eigenvalue weighted by Crippen LogP contribution is -2.32. The van der Waals surface area contributed by atoms with Crippen LogP contribution < -0.4 is 5.32 Å². The van der Waals surface area contributed by atoms with Crippen LogP contribution in [0.4, 0.5) is 5.69 Å². The number of aliphatic imine (C=N–C) groups is 1. The molecule has 1 aromatic rings. The second kappa shape index (κ2) is 4.58. The molecule has 0 aromatic heterocycles. The maximum atomic E-state index is 11.2. The maximum absolute atomic E-state index is 11.2. The Morgan fingerprint density at radius 3 is 2.50 bits per heavy atom. The van der Waals surface area contributed by atoms with Crippen LogP contribution >= 0.6 is 0 Å². The highest BCUT2D eigenvalue weighted by atomic mass is 16.4. The van der Waals surface area contributed by atoms with Gasteiger partial charge in [-0.15, -0.1) is 10.2 Å². The van der Waals surface area contributed by atoms with Crippen molar-refractivity contribution in [1.82, 2.24) is 5.32 Å². The van der Waals surface area contributed by atoms with E-state index in [1.807, 2.05) is 0 Å². The zero-order valence-electron chi connectivity index (χ0n) is 9.12. The van der Waals surface area contributed by atoms with Crippen LogP contribution in [0, 0.1) is 0 Å². The number of carbonyl (C=O) groups excluding carboxylic acids is 1. The van der Waals surface area contributed by atoms with Crippen LogP contribution in [0.2, 0.25) is 0 Å². The molecule has 0 fully saturated rings. The fourth-order valence-electron chi connectivity index (χ4n) is 1.20. The minimum absolute atomic E-state index is 0.00942. The van der Waals surface area contributed by atoms with Gasteiger partial charge in [0, 0.05) is 0 Å². The van der Waals surface area contributed by atoms with E-state index in [0.717, 1.165) is 0 Å². The average Bonchev–Trinajstić information content (AvgIpc) is 2.34. The number of carboxylic acids is 1. The Kier molecular flexibility index (Phi) is 2.96. The van der Waals surface area contributed by atoms with Crippen molar-refractivity contribution in [3.63, 3.8) is 0 Å². The molecule has 0 spiro atoms. The second-order valence-corrected chi connectivity index (χ2v) is 3.39. The van der Waals surface area contributed by atoms with E-state index in [-0.39, 0.29) is 17.2 Å². The lowest BCUT2D eigenvalue weighted by Gasteiger charge is -2.07. The van der Waals surface area contributed by atoms with Crippen molar-refractivity contribution in [3.05, 3.63) is 42.1 Å². The molecule has 0 bridgehead atoms. The first-order valence-corrected chi connectivity index (χ1v) is 4.90. The van der Waals surface area contributed by atoms with Crippen LogP contribution in [0.25, 0.3) is 0 Å². The Bertz CT molecular complexity index is 587. The highest BCUT2D eigenvalue weighted by Gasteiger charge is 2.14. The van der Waals surface area contributed by atoms with Crippen molar-refractivity contribution >= 4 is 23.5 Å². The number of guanidine groups is 1. The molecule has 0 unspecified atom stereocenters. The van der Waals surface area contributed by atoms with Crippen LogP contribution in [-0.4, -0.2) is 22.9 Å². The lowest BCUT2D eigenvalue weighted by molar-refractivity contribution is -0.116. The van der Waals surface area contributed by atoms with Crippen molar-refractivity contribution in [3.8, 4) is 0 Å². The van der Waals surface area contributed by atoms with E-state index in [9.17, 15) is 9.59 Å². The molecule has 0 saturated carbocycles. The van der Waals surface area contributed by atoms with Gasteiger partial charge in [-0.3, -0.25) is 10.1 Å². The van der Waals surface area contributed by atoms with Crippen LogP contribution in [0.15, 0.2) is 51.8 Å². The Hall–Kier alpha value is -2.83. The summed E-state index contributed by atoms with van der Waals surface area (Å²) < 4.78 is 0. The largest absolute Gasteiger partial charge is 0.478 e. The molecule has 90 valence electrons. The molecule has 0 radical (unpaired) electrons. The molecule has 0 saturated heterocycles. The van der Waals surface area contributed by atoms with Crippen molar-refractivity contribution in [2.45, 2.75) is 0 Å². The molecule has 1 heterocycles. The molecular formula is C11H8N4O3. The summed E-state index contributed by atoms with van der Waals surface area (Å²) in [6.45, 7) is 3.37. The minimum Gasteiger partial charge on any atom is -0.478 e. The second-order valence-electron chi connectivity index (χ2n) is 3.39. The predicted octanol–water partition coefficient (Wildman–Crippen LogP) is 1.47. The van der Waals surface area contributed by atoms with Crippen molar-refractivity contribution < 1.29 is 14.7 Å². The smallest absolute Gasteiger partial charge is 0.335 e. The third kappa shape index (κ3) is 2.46. The Labute approximate surface area is 102 Å². The van der Waals surface area contributed by atoms with E-state index < -0.39 is 11.9 Å². The topological polar surface area (TPSA) is 103 Å². The van der Waals surface area contributed by atoms with E-state index >= 15 is 0 Å². The fourth-order valence-corrected chi connectivity index (χ4v) is 1.20. The first-order chi connectivity index (χ1) is 8.56. The molecule has 7 nitrogen and oxygen atoms in total. The number of aromatic carboxylic acids is 1. The number of carboxylic acid groups (broad SMARTS) is 1. The SMILES string of the molecule is C=C1N=NC(=Nc2ccc(C(=O)O)cc2)NC1=O. The summed E-state index contributed by atoms with van der Waals surface area (Å²) >= 11 is 0. The summed E-state index contributed by atoms with van der Waals surface area (Å²) in [4.78, 5) is 25.9. The third-order valence-electron chi connectivity index (χ3n) is 2.10. The molecule has 7 heteroatoms. The first kappa shape index (κ1) is 11.6. The van der Waals surface area contributed by atoms with Gasteiger partial charge in [-0.05, 0) is 24.3 Å². The van der Waals surface area contributed by atoms with Gasteiger partial charge in [-0.1, -0.05) is 6.58 Å². The predicted molar refractivity (Wildman–Crippen MR) is 62.6 cm³/mol. The summed E-state index contributed by atoms with van der Waals surface area (Å²) in [7, 11) is 0. The fraction of sp³-hybridized carbons (Fsp3) is 0. The van der Waals surface area contributed by atoms with Crippen molar-refractivity contribution in [1.29, 1.82) is 0 Å². The highest BCUT2D eigenvalue weighted by Crippen LogP contribution is 2.14. The van der Waals surface area contributed by atoms with Gasteiger partial charge >= 0.3 is 5.97 Å². The van der Waals surface area contributed by atoms with E-state index in [1.165, 1.54) is 24.3 Å². The van der Waals surface area contributed by atoms with E-state index in [0.29, 0.717) is 5.69 Å². The Morgan fingerprint density at radius 2 is 1.94 bits per heavy atom. The lowest BCUT2D eigenvalue weighted by atomic mass is 10.2. The molecule has 0 aliphatic carbocycles. The maximum Gasteiger partial charge on any atom is 0.335 e.